The maximum Gasteiger partial charge on any atom is 0.133 e. The lowest BCUT2D eigenvalue weighted by Gasteiger charge is -2.37. The van der Waals surface area contributed by atoms with Crippen molar-refractivity contribution in [3.63, 3.8) is 0 Å². The van der Waals surface area contributed by atoms with E-state index in [0.29, 0.717) is 5.92 Å². The second-order valence-corrected chi connectivity index (χ2v) is 8.64. The highest BCUT2D eigenvalue weighted by Crippen LogP contribution is 2.44. The first-order valence-corrected chi connectivity index (χ1v) is 10.7. The number of allylic oxidation sites excluding steroid dienone is 2. The van der Waals surface area contributed by atoms with E-state index in [4.69, 9.17) is 0 Å². The van der Waals surface area contributed by atoms with E-state index < -0.39 is 0 Å². The van der Waals surface area contributed by atoms with Crippen molar-refractivity contribution < 1.29 is 8.78 Å². The molecule has 1 saturated carbocycles. The molecule has 1 fully saturated rings. The van der Waals surface area contributed by atoms with E-state index in [2.05, 4.69) is 13.8 Å². The average Bonchev–Trinajstić information content (AvgIpc) is 2.63. The summed E-state index contributed by atoms with van der Waals surface area (Å²) >= 11 is 0. The van der Waals surface area contributed by atoms with Crippen LogP contribution >= 0.6 is 0 Å². The van der Waals surface area contributed by atoms with Gasteiger partial charge in [0.25, 0.3) is 0 Å². The molecule has 1 atom stereocenters. The monoisotopic (exact) mass is 360 g/mol. The lowest BCUT2D eigenvalue weighted by molar-refractivity contribution is 0.190. The van der Waals surface area contributed by atoms with Gasteiger partial charge in [0, 0.05) is 5.56 Å². The van der Waals surface area contributed by atoms with Crippen LogP contribution in [-0.4, -0.2) is 0 Å². The Morgan fingerprint density at radius 3 is 2.12 bits per heavy atom. The summed E-state index contributed by atoms with van der Waals surface area (Å²) in [6, 6.07) is 3.08. The molecule has 3 rings (SSSR count). The summed E-state index contributed by atoms with van der Waals surface area (Å²) in [6.45, 7) is 6.43. The quantitative estimate of drug-likeness (QED) is 0.504. The van der Waals surface area contributed by atoms with Crippen LogP contribution in [0.25, 0.3) is 5.57 Å². The highest BCUT2D eigenvalue weighted by atomic mass is 19.1. The van der Waals surface area contributed by atoms with Crippen LogP contribution < -0.4 is 0 Å². The molecule has 0 nitrogen and oxygen atoms in total. The molecule has 0 heterocycles. The number of rotatable bonds is 5. The summed E-state index contributed by atoms with van der Waals surface area (Å²) in [5.74, 6) is 1.71. The zero-order chi connectivity index (χ0) is 18.7. The Balaban J connectivity index is 1.75. The third-order valence-electron chi connectivity index (χ3n) is 6.93. The maximum atomic E-state index is 14.7. The van der Waals surface area contributed by atoms with Gasteiger partial charge >= 0.3 is 0 Å². The van der Waals surface area contributed by atoms with Gasteiger partial charge in [-0.05, 0) is 86.5 Å². The second-order valence-electron chi connectivity index (χ2n) is 8.64. The van der Waals surface area contributed by atoms with E-state index in [1.807, 2.05) is 6.92 Å². The van der Waals surface area contributed by atoms with Crippen LogP contribution in [0.5, 0.6) is 0 Å². The van der Waals surface area contributed by atoms with Gasteiger partial charge in [-0.2, -0.15) is 0 Å². The van der Waals surface area contributed by atoms with Crippen molar-refractivity contribution in [2.24, 2.45) is 17.8 Å². The molecular weight excluding hydrogens is 326 g/mol. The Kier molecular flexibility index (Phi) is 6.53. The zero-order valence-electron chi connectivity index (χ0n) is 16.7. The van der Waals surface area contributed by atoms with E-state index in [1.165, 1.54) is 37.7 Å². The molecule has 0 amide bonds. The van der Waals surface area contributed by atoms with Crippen LogP contribution in [0.15, 0.2) is 17.7 Å². The molecule has 0 spiro atoms. The maximum absolute atomic E-state index is 14.7. The van der Waals surface area contributed by atoms with E-state index in [-0.39, 0.29) is 17.2 Å². The molecule has 2 aliphatic rings. The zero-order valence-corrected chi connectivity index (χ0v) is 16.7. The molecule has 1 aromatic carbocycles. The van der Waals surface area contributed by atoms with Gasteiger partial charge in [0.1, 0.15) is 11.6 Å². The van der Waals surface area contributed by atoms with E-state index >= 15 is 0 Å². The number of hydrogen-bond acceptors (Lipinski definition) is 0. The van der Waals surface area contributed by atoms with Gasteiger partial charge in [0.15, 0.2) is 0 Å². The Morgan fingerprint density at radius 2 is 1.58 bits per heavy atom. The lowest BCUT2D eigenvalue weighted by atomic mass is 9.69. The third-order valence-corrected chi connectivity index (χ3v) is 6.93. The van der Waals surface area contributed by atoms with E-state index in [1.54, 1.807) is 12.1 Å². The third kappa shape index (κ3) is 4.21. The Morgan fingerprint density at radius 1 is 0.923 bits per heavy atom. The molecule has 2 heteroatoms. The van der Waals surface area contributed by atoms with Crippen molar-refractivity contribution >= 4 is 5.57 Å². The summed E-state index contributed by atoms with van der Waals surface area (Å²) in [4.78, 5) is 0. The minimum Gasteiger partial charge on any atom is -0.206 e. The minimum atomic E-state index is -0.371. The average molecular weight is 361 g/mol. The molecule has 0 aromatic heterocycles. The molecule has 0 saturated heterocycles. The largest absolute Gasteiger partial charge is 0.206 e. The standard InChI is InChI=1S/C24H34F2/c1-4-6-18-14-22(25)24(23(26)15-18)21-12-11-20(13-16(21)3)19-9-7-17(5-2)8-10-19/h14-15,17,19-20H,4-13H2,1-3H3. The molecule has 0 aliphatic heterocycles. The van der Waals surface area contributed by atoms with Crippen molar-refractivity contribution in [1.29, 1.82) is 0 Å². The Labute approximate surface area is 158 Å². The summed E-state index contributed by atoms with van der Waals surface area (Å²) in [7, 11) is 0. The highest BCUT2D eigenvalue weighted by molar-refractivity contribution is 5.70. The summed E-state index contributed by atoms with van der Waals surface area (Å²) < 4.78 is 29.3. The molecule has 26 heavy (non-hydrogen) atoms. The van der Waals surface area contributed by atoms with E-state index in [9.17, 15) is 8.78 Å². The van der Waals surface area contributed by atoms with Gasteiger partial charge in [0.2, 0.25) is 0 Å². The van der Waals surface area contributed by atoms with Crippen LogP contribution in [0, 0.1) is 29.4 Å². The summed E-state index contributed by atoms with van der Waals surface area (Å²) in [6.07, 6.45) is 11.3. The highest BCUT2D eigenvalue weighted by Gasteiger charge is 2.31. The summed E-state index contributed by atoms with van der Waals surface area (Å²) in [5.41, 5.74) is 3.16. The fourth-order valence-electron chi connectivity index (χ4n) is 5.32. The van der Waals surface area contributed by atoms with Crippen molar-refractivity contribution in [3.8, 4) is 0 Å². The molecule has 0 N–H and O–H groups in total. The molecule has 1 aromatic rings. The van der Waals surface area contributed by atoms with Crippen LogP contribution in [0.4, 0.5) is 8.78 Å². The topological polar surface area (TPSA) is 0 Å². The van der Waals surface area contributed by atoms with Gasteiger partial charge < -0.3 is 0 Å². The Hall–Kier alpha value is -1.18. The van der Waals surface area contributed by atoms with Gasteiger partial charge in [-0.1, -0.05) is 45.1 Å². The van der Waals surface area contributed by atoms with Gasteiger partial charge in [-0.15, -0.1) is 0 Å². The van der Waals surface area contributed by atoms with Crippen molar-refractivity contribution in [2.45, 2.75) is 85.0 Å². The van der Waals surface area contributed by atoms with Crippen LogP contribution in [0.3, 0.4) is 0 Å². The molecular formula is C24H34F2. The number of aryl methyl sites for hydroxylation is 1. The van der Waals surface area contributed by atoms with E-state index in [0.717, 1.165) is 55.1 Å². The van der Waals surface area contributed by atoms with Crippen molar-refractivity contribution in [2.75, 3.05) is 0 Å². The predicted octanol–water partition coefficient (Wildman–Crippen LogP) is 7.71. The number of benzene rings is 1. The van der Waals surface area contributed by atoms with Crippen LogP contribution in [0.2, 0.25) is 0 Å². The first-order chi connectivity index (χ1) is 12.5. The molecule has 2 aliphatic carbocycles. The van der Waals surface area contributed by atoms with Crippen molar-refractivity contribution in [1.82, 2.24) is 0 Å². The van der Waals surface area contributed by atoms with Crippen LogP contribution in [-0.2, 0) is 6.42 Å². The number of halogens is 2. The SMILES string of the molecule is CCCc1cc(F)c(C2=C(C)CC(C3CCC(CC)CC3)CC2)c(F)c1. The first-order valence-electron chi connectivity index (χ1n) is 10.7. The van der Waals surface area contributed by atoms with Gasteiger partial charge in [-0.25, -0.2) is 8.78 Å². The van der Waals surface area contributed by atoms with Gasteiger partial charge in [0.05, 0.1) is 0 Å². The van der Waals surface area contributed by atoms with Crippen molar-refractivity contribution in [3.05, 3.63) is 40.5 Å². The Bertz CT molecular complexity index is 627. The molecule has 0 bridgehead atoms. The van der Waals surface area contributed by atoms with Gasteiger partial charge in [-0.3, -0.25) is 0 Å². The first kappa shape index (κ1) is 19.6. The predicted molar refractivity (Wildman–Crippen MR) is 106 cm³/mol. The number of hydrogen-bond donors (Lipinski definition) is 0. The minimum absolute atomic E-state index is 0.246. The second kappa shape index (κ2) is 8.67. The molecule has 1 unspecified atom stereocenters. The summed E-state index contributed by atoms with van der Waals surface area (Å²) in [5, 5.41) is 0. The normalized spacial score (nSPS) is 27.0. The lowest BCUT2D eigenvalue weighted by Crippen LogP contribution is -2.24. The molecule has 0 radical (unpaired) electrons. The fraction of sp³-hybridized carbons (Fsp3) is 0.667. The van der Waals surface area contributed by atoms with Crippen LogP contribution in [0.1, 0.15) is 89.7 Å². The molecule has 144 valence electrons. The fourth-order valence-corrected chi connectivity index (χ4v) is 5.32. The smallest absolute Gasteiger partial charge is 0.133 e.